The van der Waals surface area contributed by atoms with Gasteiger partial charge in [0.2, 0.25) is 10.0 Å². The van der Waals surface area contributed by atoms with Gasteiger partial charge in [-0.2, -0.15) is 0 Å². The van der Waals surface area contributed by atoms with Crippen LogP contribution in [0.2, 0.25) is 0 Å². The summed E-state index contributed by atoms with van der Waals surface area (Å²) in [5.74, 6) is 0.478. The van der Waals surface area contributed by atoms with Crippen molar-refractivity contribution >= 4 is 15.7 Å². The molecule has 0 amide bonds. The standard InChI is InChI=1S/C18H19F3N2O4S/c1-28(24,25)23-12-4-9-17(15(11-12)16-3-2-10-22-16)26-13-5-7-14(8-6-13)27-18(19,20)21/h4-9,11,16,22-23H,2-3,10H2,1H3. The number of hydrogen-bond donors (Lipinski definition) is 2. The highest BCUT2D eigenvalue weighted by molar-refractivity contribution is 7.92. The normalized spacial score (nSPS) is 17.4. The molecule has 0 bridgehead atoms. The molecule has 0 aromatic heterocycles. The molecule has 0 aliphatic carbocycles. The van der Waals surface area contributed by atoms with Gasteiger partial charge in [-0.15, -0.1) is 13.2 Å². The summed E-state index contributed by atoms with van der Waals surface area (Å²) in [6, 6.07) is 9.94. The maximum Gasteiger partial charge on any atom is 0.573 e. The second kappa shape index (κ2) is 7.88. The van der Waals surface area contributed by atoms with Gasteiger partial charge in [0.1, 0.15) is 17.2 Å². The lowest BCUT2D eigenvalue weighted by atomic mass is 10.0. The molecule has 1 fully saturated rings. The number of halogens is 3. The Bertz CT molecular complexity index is 925. The Labute approximate surface area is 160 Å². The molecule has 0 radical (unpaired) electrons. The molecule has 6 nitrogen and oxygen atoms in total. The number of anilines is 1. The van der Waals surface area contributed by atoms with E-state index in [4.69, 9.17) is 4.74 Å². The Morgan fingerprint density at radius 3 is 2.36 bits per heavy atom. The predicted octanol–water partition coefficient (Wildman–Crippen LogP) is 4.17. The zero-order valence-electron chi connectivity index (χ0n) is 14.9. The molecule has 1 aliphatic heterocycles. The average Bonchev–Trinajstić information content (AvgIpc) is 3.09. The predicted molar refractivity (Wildman–Crippen MR) is 98.1 cm³/mol. The summed E-state index contributed by atoms with van der Waals surface area (Å²) in [7, 11) is -3.43. The molecule has 2 aromatic rings. The van der Waals surface area contributed by atoms with E-state index in [1.807, 2.05) is 0 Å². The van der Waals surface area contributed by atoms with Crippen molar-refractivity contribution in [3.63, 3.8) is 0 Å². The van der Waals surface area contributed by atoms with E-state index in [-0.39, 0.29) is 11.8 Å². The van der Waals surface area contributed by atoms with Crippen molar-refractivity contribution in [2.24, 2.45) is 0 Å². The monoisotopic (exact) mass is 416 g/mol. The van der Waals surface area contributed by atoms with E-state index in [1.54, 1.807) is 18.2 Å². The van der Waals surface area contributed by atoms with Gasteiger partial charge in [-0.05, 0) is 61.9 Å². The second-order valence-corrected chi connectivity index (χ2v) is 8.15. The summed E-state index contributed by atoms with van der Waals surface area (Å²) >= 11 is 0. The van der Waals surface area contributed by atoms with E-state index in [0.29, 0.717) is 17.2 Å². The fourth-order valence-corrected chi connectivity index (χ4v) is 3.53. The molecule has 28 heavy (non-hydrogen) atoms. The minimum Gasteiger partial charge on any atom is -0.457 e. The van der Waals surface area contributed by atoms with Crippen molar-refractivity contribution in [2.75, 3.05) is 17.5 Å². The lowest BCUT2D eigenvalue weighted by Gasteiger charge is -2.18. The fourth-order valence-electron chi connectivity index (χ4n) is 2.98. The molecule has 1 atom stereocenters. The van der Waals surface area contributed by atoms with E-state index in [1.165, 1.54) is 12.1 Å². The molecule has 3 rings (SSSR count). The van der Waals surface area contributed by atoms with Gasteiger partial charge < -0.3 is 14.8 Å². The molecule has 1 saturated heterocycles. The van der Waals surface area contributed by atoms with Crippen LogP contribution in [-0.2, 0) is 10.0 Å². The van der Waals surface area contributed by atoms with Crippen LogP contribution in [-0.4, -0.2) is 27.6 Å². The van der Waals surface area contributed by atoms with Gasteiger partial charge in [-0.25, -0.2) is 8.42 Å². The van der Waals surface area contributed by atoms with E-state index in [0.717, 1.165) is 43.3 Å². The van der Waals surface area contributed by atoms with Crippen molar-refractivity contribution < 1.29 is 31.1 Å². The van der Waals surface area contributed by atoms with Gasteiger partial charge in [-0.1, -0.05) is 0 Å². The first kappa shape index (κ1) is 20.3. The van der Waals surface area contributed by atoms with Gasteiger partial charge in [0.15, 0.2) is 0 Å². The number of benzene rings is 2. The number of rotatable bonds is 6. The zero-order valence-corrected chi connectivity index (χ0v) is 15.7. The summed E-state index contributed by atoms with van der Waals surface area (Å²) in [6.07, 6.45) is -1.87. The van der Waals surface area contributed by atoms with Crippen LogP contribution < -0.4 is 19.5 Å². The van der Waals surface area contributed by atoms with Gasteiger partial charge in [0, 0.05) is 17.3 Å². The molecule has 1 aliphatic rings. The quantitative estimate of drug-likeness (QED) is 0.739. The molecule has 10 heteroatoms. The number of ether oxygens (including phenoxy) is 2. The van der Waals surface area contributed by atoms with Crippen molar-refractivity contribution in [1.82, 2.24) is 5.32 Å². The number of nitrogens with one attached hydrogen (secondary N) is 2. The van der Waals surface area contributed by atoms with Gasteiger partial charge in [0.25, 0.3) is 0 Å². The van der Waals surface area contributed by atoms with E-state index in [9.17, 15) is 21.6 Å². The Balaban J connectivity index is 1.84. The fraction of sp³-hybridized carbons (Fsp3) is 0.333. The SMILES string of the molecule is CS(=O)(=O)Nc1ccc(Oc2ccc(OC(F)(F)F)cc2)c(C2CCCN2)c1. The van der Waals surface area contributed by atoms with E-state index in [2.05, 4.69) is 14.8 Å². The van der Waals surface area contributed by atoms with E-state index < -0.39 is 16.4 Å². The molecular weight excluding hydrogens is 397 g/mol. The summed E-state index contributed by atoms with van der Waals surface area (Å²) in [5.41, 5.74) is 1.18. The molecule has 2 aromatic carbocycles. The smallest absolute Gasteiger partial charge is 0.457 e. The van der Waals surface area contributed by atoms with Crippen LogP contribution in [0.25, 0.3) is 0 Å². The first-order chi connectivity index (χ1) is 13.1. The molecule has 2 N–H and O–H groups in total. The summed E-state index contributed by atoms with van der Waals surface area (Å²) in [4.78, 5) is 0. The van der Waals surface area contributed by atoms with Gasteiger partial charge >= 0.3 is 6.36 Å². The zero-order chi connectivity index (χ0) is 20.4. The third kappa shape index (κ3) is 5.77. The maximum atomic E-state index is 12.3. The first-order valence-corrected chi connectivity index (χ1v) is 10.4. The third-order valence-corrected chi connectivity index (χ3v) is 4.64. The average molecular weight is 416 g/mol. The largest absolute Gasteiger partial charge is 0.573 e. The van der Waals surface area contributed by atoms with Crippen molar-refractivity contribution in [2.45, 2.75) is 25.2 Å². The lowest BCUT2D eigenvalue weighted by molar-refractivity contribution is -0.274. The summed E-state index contributed by atoms with van der Waals surface area (Å²) in [5, 5.41) is 3.32. The number of hydrogen-bond acceptors (Lipinski definition) is 5. The molecule has 1 heterocycles. The molecular formula is C18H19F3N2O4S. The molecule has 1 unspecified atom stereocenters. The minimum atomic E-state index is -4.76. The molecule has 0 saturated carbocycles. The Hall–Kier alpha value is -2.46. The number of alkyl halides is 3. The van der Waals surface area contributed by atoms with Crippen LogP contribution in [0.15, 0.2) is 42.5 Å². The maximum absolute atomic E-state index is 12.3. The number of sulfonamides is 1. The van der Waals surface area contributed by atoms with Crippen LogP contribution in [0.5, 0.6) is 17.2 Å². The van der Waals surface area contributed by atoms with Crippen molar-refractivity contribution in [3.05, 3.63) is 48.0 Å². The second-order valence-electron chi connectivity index (χ2n) is 6.40. The van der Waals surface area contributed by atoms with Crippen molar-refractivity contribution in [3.8, 4) is 17.2 Å². The highest BCUT2D eigenvalue weighted by Crippen LogP contribution is 2.36. The molecule has 152 valence electrons. The van der Waals surface area contributed by atoms with Crippen LogP contribution in [0.4, 0.5) is 18.9 Å². The van der Waals surface area contributed by atoms with Gasteiger partial charge in [0.05, 0.1) is 6.26 Å². The molecule has 0 spiro atoms. The van der Waals surface area contributed by atoms with Gasteiger partial charge in [-0.3, -0.25) is 4.72 Å². The Kier molecular flexibility index (Phi) is 5.71. The Morgan fingerprint density at radius 2 is 1.79 bits per heavy atom. The Morgan fingerprint density at radius 1 is 1.11 bits per heavy atom. The highest BCUT2D eigenvalue weighted by Gasteiger charge is 2.31. The van der Waals surface area contributed by atoms with Crippen molar-refractivity contribution in [1.29, 1.82) is 0 Å². The van der Waals surface area contributed by atoms with Crippen LogP contribution in [0.3, 0.4) is 0 Å². The highest BCUT2D eigenvalue weighted by atomic mass is 32.2. The van der Waals surface area contributed by atoms with E-state index >= 15 is 0 Å². The minimum absolute atomic E-state index is 0.0100. The first-order valence-electron chi connectivity index (χ1n) is 8.48. The van der Waals surface area contributed by atoms with Crippen LogP contribution in [0.1, 0.15) is 24.4 Å². The van der Waals surface area contributed by atoms with Crippen LogP contribution in [0, 0.1) is 0 Å². The topological polar surface area (TPSA) is 76.7 Å². The summed E-state index contributed by atoms with van der Waals surface area (Å²) in [6.45, 7) is 0.831. The third-order valence-electron chi connectivity index (χ3n) is 4.03. The lowest BCUT2D eigenvalue weighted by Crippen LogP contribution is -2.17. The van der Waals surface area contributed by atoms with Crippen LogP contribution >= 0.6 is 0 Å². The summed E-state index contributed by atoms with van der Waals surface area (Å²) < 4.78 is 71.9.